The van der Waals surface area contributed by atoms with E-state index in [0.29, 0.717) is 17.4 Å². The largest absolute Gasteiger partial charge is 0.399 e. The van der Waals surface area contributed by atoms with E-state index in [-0.39, 0.29) is 0 Å². The van der Waals surface area contributed by atoms with Crippen LogP contribution in [-0.4, -0.2) is 48.6 Å². The fourth-order valence-corrected chi connectivity index (χ4v) is 4.09. The minimum Gasteiger partial charge on any atom is -0.399 e. The normalized spacial score (nSPS) is 36.3. The van der Waals surface area contributed by atoms with Gasteiger partial charge >= 0.3 is 0 Å². The minimum atomic E-state index is 0.363. The minimum absolute atomic E-state index is 0.363. The number of likely N-dealkylation sites (tertiary alicyclic amines) is 2. The SMILES string of the molecule is CN1CCC(N2CC(C)(C)C3C=CC(N)=CC32)CC1. The zero-order chi connectivity index (χ0) is 13.6. The fraction of sp³-hybridized carbons (Fsp3) is 0.750. The van der Waals surface area contributed by atoms with E-state index in [0.717, 1.165) is 11.7 Å². The van der Waals surface area contributed by atoms with Crippen molar-refractivity contribution in [2.45, 2.75) is 38.8 Å². The maximum absolute atomic E-state index is 6.03. The zero-order valence-electron chi connectivity index (χ0n) is 12.5. The Morgan fingerprint density at radius 3 is 2.63 bits per heavy atom. The smallest absolute Gasteiger partial charge is 0.0372 e. The third-order valence-corrected chi connectivity index (χ3v) is 5.26. The van der Waals surface area contributed by atoms with E-state index < -0.39 is 0 Å². The van der Waals surface area contributed by atoms with Crippen LogP contribution in [0.15, 0.2) is 23.9 Å². The van der Waals surface area contributed by atoms with Crippen LogP contribution in [0.1, 0.15) is 26.7 Å². The molecule has 3 heteroatoms. The van der Waals surface area contributed by atoms with Crippen LogP contribution in [0.3, 0.4) is 0 Å². The van der Waals surface area contributed by atoms with E-state index in [9.17, 15) is 0 Å². The first-order chi connectivity index (χ1) is 8.97. The lowest BCUT2D eigenvalue weighted by Crippen LogP contribution is -2.46. The van der Waals surface area contributed by atoms with Crippen molar-refractivity contribution in [3.8, 4) is 0 Å². The second-order valence-electron chi connectivity index (χ2n) is 7.24. The molecule has 0 bridgehead atoms. The molecule has 3 nitrogen and oxygen atoms in total. The highest BCUT2D eigenvalue weighted by molar-refractivity contribution is 5.29. The van der Waals surface area contributed by atoms with Gasteiger partial charge in [-0.05, 0) is 50.5 Å². The highest BCUT2D eigenvalue weighted by Gasteiger charge is 2.47. The summed E-state index contributed by atoms with van der Waals surface area (Å²) < 4.78 is 0. The van der Waals surface area contributed by atoms with Crippen molar-refractivity contribution in [2.75, 3.05) is 26.7 Å². The molecule has 2 aliphatic heterocycles. The second-order valence-corrected chi connectivity index (χ2v) is 7.24. The molecule has 2 N–H and O–H groups in total. The molecule has 2 heterocycles. The molecule has 2 unspecified atom stereocenters. The van der Waals surface area contributed by atoms with E-state index in [1.807, 2.05) is 0 Å². The second kappa shape index (κ2) is 4.64. The summed E-state index contributed by atoms with van der Waals surface area (Å²) in [5.74, 6) is 0.624. The molecule has 0 radical (unpaired) electrons. The van der Waals surface area contributed by atoms with Gasteiger partial charge in [0.2, 0.25) is 0 Å². The van der Waals surface area contributed by atoms with Crippen molar-refractivity contribution in [1.29, 1.82) is 0 Å². The van der Waals surface area contributed by atoms with Crippen LogP contribution in [0, 0.1) is 11.3 Å². The van der Waals surface area contributed by atoms with Gasteiger partial charge in [-0.1, -0.05) is 19.9 Å². The number of hydrogen-bond acceptors (Lipinski definition) is 3. The summed E-state index contributed by atoms with van der Waals surface area (Å²) in [5.41, 5.74) is 7.34. The van der Waals surface area contributed by atoms with Crippen LogP contribution in [-0.2, 0) is 0 Å². The highest BCUT2D eigenvalue weighted by Crippen LogP contribution is 2.45. The van der Waals surface area contributed by atoms with Crippen LogP contribution >= 0.6 is 0 Å². The molecule has 0 aromatic carbocycles. The average molecular weight is 261 g/mol. The van der Waals surface area contributed by atoms with Gasteiger partial charge in [0.25, 0.3) is 0 Å². The van der Waals surface area contributed by atoms with Gasteiger partial charge in [-0.2, -0.15) is 0 Å². The molecule has 3 rings (SSSR count). The molecule has 2 atom stereocenters. The van der Waals surface area contributed by atoms with Crippen molar-refractivity contribution in [3.05, 3.63) is 23.9 Å². The first kappa shape index (κ1) is 13.2. The topological polar surface area (TPSA) is 32.5 Å². The van der Waals surface area contributed by atoms with Crippen LogP contribution in [0.4, 0.5) is 0 Å². The van der Waals surface area contributed by atoms with Crippen LogP contribution in [0.2, 0.25) is 0 Å². The Kier molecular flexibility index (Phi) is 3.22. The van der Waals surface area contributed by atoms with Gasteiger partial charge in [0.1, 0.15) is 0 Å². The maximum atomic E-state index is 6.03. The van der Waals surface area contributed by atoms with Crippen molar-refractivity contribution in [3.63, 3.8) is 0 Å². The molecule has 0 aromatic heterocycles. The van der Waals surface area contributed by atoms with Gasteiger partial charge in [-0.25, -0.2) is 0 Å². The molecule has 19 heavy (non-hydrogen) atoms. The Balaban J connectivity index is 1.80. The molecule has 0 amide bonds. The van der Waals surface area contributed by atoms with Gasteiger partial charge in [0, 0.05) is 30.2 Å². The molecule has 0 spiro atoms. The molecule has 2 saturated heterocycles. The number of allylic oxidation sites excluding steroid dienone is 1. The Bertz CT molecular complexity index is 402. The first-order valence-corrected chi connectivity index (χ1v) is 7.57. The number of rotatable bonds is 1. The molecular weight excluding hydrogens is 234 g/mol. The van der Waals surface area contributed by atoms with E-state index in [1.165, 1.54) is 32.5 Å². The summed E-state index contributed by atoms with van der Waals surface area (Å²) in [5, 5.41) is 0. The lowest BCUT2D eigenvalue weighted by atomic mass is 9.77. The van der Waals surface area contributed by atoms with Crippen molar-refractivity contribution < 1.29 is 0 Å². The predicted octanol–water partition coefficient (Wildman–Crippen LogP) is 1.82. The number of hydrogen-bond donors (Lipinski definition) is 1. The van der Waals surface area contributed by atoms with E-state index in [1.54, 1.807) is 0 Å². The van der Waals surface area contributed by atoms with Crippen LogP contribution in [0.25, 0.3) is 0 Å². The Hall–Kier alpha value is -0.800. The summed E-state index contributed by atoms with van der Waals surface area (Å²) in [7, 11) is 2.23. The van der Waals surface area contributed by atoms with Gasteiger partial charge in [-0.15, -0.1) is 0 Å². The van der Waals surface area contributed by atoms with Gasteiger partial charge in [0.05, 0.1) is 0 Å². The molecule has 3 aliphatic rings. The molecule has 0 aromatic rings. The van der Waals surface area contributed by atoms with Crippen molar-refractivity contribution >= 4 is 0 Å². The molecular formula is C16H27N3. The number of nitrogens with zero attached hydrogens (tertiary/aromatic N) is 2. The van der Waals surface area contributed by atoms with Gasteiger partial charge < -0.3 is 10.6 Å². The lowest BCUT2D eigenvalue weighted by molar-refractivity contribution is 0.116. The van der Waals surface area contributed by atoms with E-state index >= 15 is 0 Å². The van der Waals surface area contributed by atoms with E-state index in [4.69, 9.17) is 5.73 Å². The lowest BCUT2D eigenvalue weighted by Gasteiger charge is -2.38. The van der Waals surface area contributed by atoms with Gasteiger partial charge in [-0.3, -0.25) is 4.90 Å². The summed E-state index contributed by atoms with van der Waals surface area (Å²) >= 11 is 0. The first-order valence-electron chi connectivity index (χ1n) is 7.57. The molecule has 2 fully saturated rings. The maximum Gasteiger partial charge on any atom is 0.0372 e. The molecule has 106 valence electrons. The number of piperidine rings is 1. The van der Waals surface area contributed by atoms with E-state index in [2.05, 4.69) is 48.9 Å². The summed E-state index contributed by atoms with van der Waals surface area (Å²) in [6.45, 7) is 8.46. The number of nitrogens with two attached hydrogens (primary N) is 1. The summed E-state index contributed by atoms with van der Waals surface area (Å²) in [4.78, 5) is 5.17. The van der Waals surface area contributed by atoms with Crippen LogP contribution in [0.5, 0.6) is 0 Å². The molecule has 1 aliphatic carbocycles. The van der Waals surface area contributed by atoms with Crippen LogP contribution < -0.4 is 5.73 Å². The standard InChI is InChI=1S/C16H27N3/c1-16(2)11-19(13-6-8-18(3)9-7-13)15-10-12(17)4-5-14(15)16/h4-5,10,13-15H,6-9,11,17H2,1-3H3. The zero-order valence-corrected chi connectivity index (χ0v) is 12.5. The average Bonchev–Trinajstić information content (AvgIpc) is 2.62. The number of fused-ring (bicyclic) bond motifs is 1. The summed E-state index contributed by atoms with van der Waals surface area (Å²) in [6, 6.07) is 1.26. The fourth-order valence-electron chi connectivity index (χ4n) is 4.09. The van der Waals surface area contributed by atoms with Crippen molar-refractivity contribution in [1.82, 2.24) is 9.80 Å². The molecule has 0 saturated carbocycles. The third-order valence-electron chi connectivity index (χ3n) is 5.26. The Morgan fingerprint density at radius 2 is 1.95 bits per heavy atom. The predicted molar refractivity (Wildman–Crippen MR) is 79.7 cm³/mol. The Labute approximate surface area is 117 Å². The monoisotopic (exact) mass is 261 g/mol. The Morgan fingerprint density at radius 1 is 1.26 bits per heavy atom. The van der Waals surface area contributed by atoms with Crippen molar-refractivity contribution in [2.24, 2.45) is 17.1 Å². The quantitative estimate of drug-likeness (QED) is 0.781. The third kappa shape index (κ3) is 2.34. The highest BCUT2D eigenvalue weighted by atomic mass is 15.2. The van der Waals surface area contributed by atoms with Gasteiger partial charge in [0.15, 0.2) is 0 Å². The summed E-state index contributed by atoms with van der Waals surface area (Å²) in [6.07, 6.45) is 9.33.